The van der Waals surface area contributed by atoms with Gasteiger partial charge in [-0.05, 0) is 78.8 Å². The van der Waals surface area contributed by atoms with Crippen molar-refractivity contribution < 1.29 is 5.11 Å². The van der Waals surface area contributed by atoms with Gasteiger partial charge >= 0.3 is 0 Å². The molecule has 0 heterocycles. The standard InChI is InChI=1S/C17H22INO/c1-3-13-8-10-17(12-19,11-9-13)16(2,20)14-4-6-15(18)7-5-14/h4-7,13,20H,3,8-11H2,1-2H3. The summed E-state index contributed by atoms with van der Waals surface area (Å²) < 4.78 is 1.14. The predicted octanol–water partition coefficient (Wildman–Crippen LogP) is 4.61. The third kappa shape index (κ3) is 2.73. The molecule has 0 aliphatic heterocycles. The number of rotatable bonds is 3. The van der Waals surface area contributed by atoms with E-state index in [2.05, 4.69) is 35.6 Å². The van der Waals surface area contributed by atoms with Crippen molar-refractivity contribution in [3.63, 3.8) is 0 Å². The molecule has 1 aliphatic carbocycles. The molecule has 108 valence electrons. The van der Waals surface area contributed by atoms with E-state index in [4.69, 9.17) is 0 Å². The summed E-state index contributed by atoms with van der Waals surface area (Å²) in [6, 6.07) is 10.4. The van der Waals surface area contributed by atoms with Crippen molar-refractivity contribution in [2.45, 2.75) is 51.6 Å². The summed E-state index contributed by atoms with van der Waals surface area (Å²) in [5.41, 5.74) is -0.870. The number of benzene rings is 1. The second-order valence-electron chi connectivity index (χ2n) is 6.12. The summed E-state index contributed by atoms with van der Waals surface area (Å²) in [7, 11) is 0. The minimum absolute atomic E-state index is 0.647. The van der Waals surface area contributed by atoms with E-state index >= 15 is 0 Å². The van der Waals surface area contributed by atoms with Gasteiger partial charge in [0.15, 0.2) is 0 Å². The molecule has 1 aromatic rings. The van der Waals surface area contributed by atoms with E-state index in [0.717, 1.165) is 34.8 Å². The molecule has 0 aromatic heterocycles. The van der Waals surface area contributed by atoms with Crippen LogP contribution in [0.4, 0.5) is 0 Å². The quantitative estimate of drug-likeness (QED) is 0.775. The zero-order chi connectivity index (χ0) is 14.8. The van der Waals surface area contributed by atoms with Gasteiger partial charge in [-0.15, -0.1) is 0 Å². The average Bonchev–Trinajstić information content (AvgIpc) is 2.47. The zero-order valence-electron chi connectivity index (χ0n) is 12.2. The minimum Gasteiger partial charge on any atom is -0.384 e. The molecule has 1 aromatic carbocycles. The number of nitrogens with zero attached hydrogens (tertiary/aromatic N) is 1. The fraction of sp³-hybridized carbons (Fsp3) is 0.588. The highest BCUT2D eigenvalue weighted by molar-refractivity contribution is 14.1. The van der Waals surface area contributed by atoms with Crippen molar-refractivity contribution >= 4 is 22.6 Å². The van der Waals surface area contributed by atoms with Crippen LogP contribution in [0.1, 0.15) is 51.5 Å². The molecule has 3 heteroatoms. The normalized spacial score (nSPS) is 29.4. The Bertz CT molecular complexity index is 493. The molecule has 1 fully saturated rings. The molecule has 0 bridgehead atoms. The van der Waals surface area contributed by atoms with Crippen LogP contribution in [-0.2, 0) is 5.60 Å². The van der Waals surface area contributed by atoms with Crippen molar-refractivity contribution in [2.75, 3.05) is 0 Å². The fourth-order valence-electron chi connectivity index (χ4n) is 3.34. The molecule has 0 spiro atoms. The molecule has 1 aliphatic rings. The van der Waals surface area contributed by atoms with Crippen LogP contribution in [0.2, 0.25) is 0 Å². The lowest BCUT2D eigenvalue weighted by atomic mass is 9.60. The summed E-state index contributed by atoms with van der Waals surface area (Å²) in [6.07, 6.45) is 4.85. The Labute approximate surface area is 135 Å². The molecule has 2 nitrogen and oxygen atoms in total. The Morgan fingerprint density at radius 2 is 1.90 bits per heavy atom. The summed E-state index contributed by atoms with van der Waals surface area (Å²) in [6.45, 7) is 4.02. The van der Waals surface area contributed by atoms with Crippen LogP contribution in [0, 0.1) is 26.2 Å². The predicted molar refractivity (Wildman–Crippen MR) is 89.0 cm³/mol. The summed E-state index contributed by atoms with van der Waals surface area (Å²) in [4.78, 5) is 0. The Balaban J connectivity index is 2.31. The lowest BCUT2D eigenvalue weighted by molar-refractivity contribution is -0.0698. The number of nitriles is 1. The maximum Gasteiger partial charge on any atom is 0.105 e. The van der Waals surface area contributed by atoms with E-state index in [1.54, 1.807) is 0 Å². The second-order valence-corrected chi connectivity index (χ2v) is 7.37. The number of hydrogen-bond donors (Lipinski definition) is 1. The molecule has 0 saturated heterocycles. The second kappa shape index (κ2) is 6.03. The van der Waals surface area contributed by atoms with Gasteiger partial charge in [-0.3, -0.25) is 0 Å². The maximum atomic E-state index is 11.1. The Kier molecular flexibility index (Phi) is 4.76. The molecule has 1 N–H and O–H groups in total. The Morgan fingerprint density at radius 3 is 2.35 bits per heavy atom. The van der Waals surface area contributed by atoms with Gasteiger partial charge in [-0.2, -0.15) is 5.26 Å². The monoisotopic (exact) mass is 383 g/mol. The molecular weight excluding hydrogens is 361 g/mol. The van der Waals surface area contributed by atoms with Crippen LogP contribution in [0.15, 0.2) is 24.3 Å². The fourth-order valence-corrected chi connectivity index (χ4v) is 3.70. The van der Waals surface area contributed by atoms with E-state index < -0.39 is 11.0 Å². The largest absolute Gasteiger partial charge is 0.384 e. The maximum absolute atomic E-state index is 11.1. The SMILES string of the molecule is CCC1CCC(C#N)(C(C)(O)c2ccc(I)cc2)CC1. The van der Waals surface area contributed by atoms with E-state index in [0.29, 0.717) is 5.92 Å². The molecular formula is C17H22INO. The van der Waals surface area contributed by atoms with E-state index in [-0.39, 0.29) is 0 Å². The molecule has 20 heavy (non-hydrogen) atoms. The van der Waals surface area contributed by atoms with Crippen LogP contribution in [0.25, 0.3) is 0 Å². The number of halogens is 1. The van der Waals surface area contributed by atoms with Crippen molar-refractivity contribution in [3.8, 4) is 6.07 Å². The zero-order valence-corrected chi connectivity index (χ0v) is 14.4. The highest BCUT2D eigenvalue weighted by Gasteiger charge is 2.50. The molecule has 2 rings (SSSR count). The molecule has 0 amide bonds. The van der Waals surface area contributed by atoms with Gasteiger partial charge < -0.3 is 5.11 Å². The van der Waals surface area contributed by atoms with Gasteiger partial charge in [0, 0.05) is 3.57 Å². The third-order valence-electron chi connectivity index (χ3n) is 5.09. The highest BCUT2D eigenvalue weighted by Crippen LogP contribution is 2.51. The Hall–Kier alpha value is -0.600. The van der Waals surface area contributed by atoms with Crippen LogP contribution >= 0.6 is 22.6 Å². The topological polar surface area (TPSA) is 44.0 Å². The first-order chi connectivity index (χ1) is 9.45. The number of aliphatic hydroxyl groups is 1. The van der Waals surface area contributed by atoms with Gasteiger partial charge in [-0.1, -0.05) is 25.5 Å². The first-order valence-electron chi connectivity index (χ1n) is 7.35. The van der Waals surface area contributed by atoms with Crippen molar-refractivity contribution in [1.29, 1.82) is 5.26 Å². The molecule has 0 radical (unpaired) electrons. The smallest absolute Gasteiger partial charge is 0.105 e. The van der Waals surface area contributed by atoms with Crippen LogP contribution in [-0.4, -0.2) is 5.11 Å². The van der Waals surface area contributed by atoms with Crippen LogP contribution < -0.4 is 0 Å². The van der Waals surface area contributed by atoms with Gasteiger partial charge in [0.2, 0.25) is 0 Å². The molecule has 1 unspecified atom stereocenters. The Morgan fingerprint density at radius 1 is 1.35 bits per heavy atom. The first kappa shape index (κ1) is 15.8. The van der Waals surface area contributed by atoms with E-state index in [1.807, 2.05) is 31.2 Å². The molecule has 1 atom stereocenters. The van der Waals surface area contributed by atoms with Crippen molar-refractivity contribution in [3.05, 3.63) is 33.4 Å². The van der Waals surface area contributed by atoms with E-state index in [1.165, 1.54) is 6.42 Å². The summed E-state index contributed by atoms with van der Waals surface area (Å²) >= 11 is 2.25. The third-order valence-corrected chi connectivity index (χ3v) is 5.81. The van der Waals surface area contributed by atoms with Gasteiger partial charge in [-0.25, -0.2) is 0 Å². The van der Waals surface area contributed by atoms with Crippen LogP contribution in [0.5, 0.6) is 0 Å². The first-order valence-corrected chi connectivity index (χ1v) is 8.43. The van der Waals surface area contributed by atoms with E-state index in [9.17, 15) is 10.4 Å². The molecule has 1 saturated carbocycles. The number of hydrogen-bond acceptors (Lipinski definition) is 2. The van der Waals surface area contributed by atoms with Gasteiger partial charge in [0.05, 0.1) is 11.5 Å². The minimum atomic E-state index is -1.08. The lowest BCUT2D eigenvalue weighted by Gasteiger charge is -2.45. The van der Waals surface area contributed by atoms with Gasteiger partial charge in [0.1, 0.15) is 5.60 Å². The highest BCUT2D eigenvalue weighted by atomic mass is 127. The van der Waals surface area contributed by atoms with Crippen LogP contribution in [0.3, 0.4) is 0 Å². The summed E-state index contributed by atoms with van der Waals surface area (Å²) in [5, 5.41) is 20.8. The van der Waals surface area contributed by atoms with Gasteiger partial charge in [0.25, 0.3) is 0 Å². The summed E-state index contributed by atoms with van der Waals surface area (Å²) in [5.74, 6) is 0.712. The van der Waals surface area contributed by atoms with Crippen molar-refractivity contribution in [1.82, 2.24) is 0 Å². The van der Waals surface area contributed by atoms with Crippen molar-refractivity contribution in [2.24, 2.45) is 11.3 Å². The average molecular weight is 383 g/mol. The lowest BCUT2D eigenvalue weighted by Crippen LogP contribution is -2.45.